The lowest BCUT2D eigenvalue weighted by Crippen LogP contribution is -2.39. The third-order valence-corrected chi connectivity index (χ3v) is 7.05. The molecule has 1 N–H and O–H groups in total. The Morgan fingerprint density at radius 2 is 2.07 bits per heavy atom. The van der Waals surface area contributed by atoms with Crippen molar-refractivity contribution >= 4 is 17.7 Å². The van der Waals surface area contributed by atoms with Crippen molar-refractivity contribution in [2.45, 2.75) is 58.0 Å². The van der Waals surface area contributed by atoms with Gasteiger partial charge in [0.1, 0.15) is 0 Å². The van der Waals surface area contributed by atoms with Crippen LogP contribution in [0.1, 0.15) is 53.5 Å². The minimum Gasteiger partial charge on any atom is -0.336 e. The highest BCUT2D eigenvalue weighted by molar-refractivity contribution is 7.99. The SMILES string of the molecule is CCCn1nc(C(=O)N2CCSCC2)c2c1CCC(NCCCc1ccncc1)C2. The van der Waals surface area contributed by atoms with E-state index < -0.39 is 0 Å². The Morgan fingerprint density at radius 3 is 2.83 bits per heavy atom. The van der Waals surface area contributed by atoms with Crippen molar-refractivity contribution in [2.75, 3.05) is 31.1 Å². The molecule has 0 aromatic carbocycles. The number of hydrogen-bond acceptors (Lipinski definition) is 5. The van der Waals surface area contributed by atoms with Crippen LogP contribution in [0.3, 0.4) is 0 Å². The van der Waals surface area contributed by atoms with E-state index in [1.54, 1.807) is 0 Å². The van der Waals surface area contributed by atoms with Crippen molar-refractivity contribution in [3.63, 3.8) is 0 Å². The number of nitrogens with zero attached hydrogens (tertiary/aromatic N) is 4. The first-order valence-corrected chi connectivity index (χ1v) is 12.5. The number of rotatable bonds is 8. The molecule has 0 bridgehead atoms. The Bertz CT molecular complexity index is 832. The van der Waals surface area contributed by atoms with Gasteiger partial charge in [0.25, 0.3) is 5.91 Å². The largest absolute Gasteiger partial charge is 0.336 e. The minimum absolute atomic E-state index is 0.139. The molecule has 7 heteroatoms. The van der Waals surface area contributed by atoms with Crippen LogP contribution in [0.15, 0.2) is 24.5 Å². The number of carbonyl (C=O) groups excluding carboxylic acids is 1. The zero-order valence-corrected chi connectivity index (χ0v) is 18.8. The maximum atomic E-state index is 13.2. The lowest BCUT2D eigenvalue weighted by atomic mass is 9.91. The predicted molar refractivity (Wildman–Crippen MR) is 122 cm³/mol. The van der Waals surface area contributed by atoms with E-state index in [9.17, 15) is 4.79 Å². The molecular formula is C23H33N5OS. The summed E-state index contributed by atoms with van der Waals surface area (Å²) in [5.41, 5.74) is 4.55. The van der Waals surface area contributed by atoms with E-state index in [4.69, 9.17) is 5.10 Å². The zero-order valence-electron chi connectivity index (χ0n) is 18.0. The second-order valence-corrected chi connectivity index (χ2v) is 9.48. The molecular weight excluding hydrogens is 394 g/mol. The van der Waals surface area contributed by atoms with E-state index >= 15 is 0 Å². The van der Waals surface area contributed by atoms with Gasteiger partial charge in [0, 0.05) is 60.8 Å². The predicted octanol–water partition coefficient (Wildman–Crippen LogP) is 2.96. The summed E-state index contributed by atoms with van der Waals surface area (Å²) in [7, 11) is 0. The Hall–Kier alpha value is -1.86. The molecule has 1 unspecified atom stereocenters. The Labute approximate surface area is 183 Å². The van der Waals surface area contributed by atoms with E-state index in [0.29, 0.717) is 11.7 Å². The van der Waals surface area contributed by atoms with Gasteiger partial charge in [0.05, 0.1) is 0 Å². The molecule has 1 amide bonds. The first-order chi connectivity index (χ1) is 14.8. The van der Waals surface area contributed by atoms with Crippen molar-refractivity contribution in [3.8, 4) is 0 Å². The van der Waals surface area contributed by atoms with E-state index in [1.165, 1.54) is 16.8 Å². The number of thioether (sulfide) groups is 1. The number of fused-ring (bicyclic) bond motifs is 1. The van der Waals surface area contributed by atoms with Crippen LogP contribution in [0.4, 0.5) is 0 Å². The monoisotopic (exact) mass is 427 g/mol. The number of pyridine rings is 1. The third kappa shape index (κ3) is 5.06. The van der Waals surface area contributed by atoms with E-state index in [0.717, 1.165) is 76.2 Å². The van der Waals surface area contributed by atoms with E-state index in [1.807, 2.05) is 29.1 Å². The number of aromatic nitrogens is 3. The lowest BCUT2D eigenvalue weighted by Gasteiger charge is -2.27. The molecule has 0 saturated carbocycles. The van der Waals surface area contributed by atoms with Crippen LogP contribution >= 0.6 is 11.8 Å². The normalized spacial score (nSPS) is 19.0. The number of nitrogens with one attached hydrogen (secondary N) is 1. The minimum atomic E-state index is 0.139. The molecule has 6 nitrogen and oxygen atoms in total. The maximum Gasteiger partial charge on any atom is 0.274 e. The summed E-state index contributed by atoms with van der Waals surface area (Å²) >= 11 is 1.93. The number of carbonyl (C=O) groups is 1. The van der Waals surface area contributed by atoms with Crippen LogP contribution in [0.2, 0.25) is 0 Å². The van der Waals surface area contributed by atoms with Gasteiger partial charge in [-0.2, -0.15) is 16.9 Å². The van der Waals surface area contributed by atoms with Crippen LogP contribution in [-0.2, 0) is 25.8 Å². The second-order valence-electron chi connectivity index (χ2n) is 8.25. The van der Waals surface area contributed by atoms with Gasteiger partial charge in [-0.3, -0.25) is 14.5 Å². The smallest absolute Gasteiger partial charge is 0.274 e. The van der Waals surface area contributed by atoms with E-state index in [2.05, 4.69) is 34.0 Å². The summed E-state index contributed by atoms with van der Waals surface area (Å²) in [5.74, 6) is 2.20. The van der Waals surface area contributed by atoms with Crippen LogP contribution in [0.5, 0.6) is 0 Å². The zero-order chi connectivity index (χ0) is 20.8. The summed E-state index contributed by atoms with van der Waals surface area (Å²) < 4.78 is 2.11. The Kier molecular flexibility index (Phi) is 7.44. The average molecular weight is 428 g/mol. The van der Waals surface area contributed by atoms with Crippen LogP contribution in [0, 0.1) is 0 Å². The van der Waals surface area contributed by atoms with Crippen LogP contribution in [-0.4, -0.2) is 62.8 Å². The number of amides is 1. The molecule has 30 heavy (non-hydrogen) atoms. The molecule has 2 aromatic heterocycles. The molecule has 0 spiro atoms. The van der Waals surface area contributed by atoms with Gasteiger partial charge in [-0.25, -0.2) is 0 Å². The summed E-state index contributed by atoms with van der Waals surface area (Å²) in [6.45, 7) is 5.76. The van der Waals surface area contributed by atoms with Gasteiger partial charge in [0.2, 0.25) is 0 Å². The van der Waals surface area contributed by atoms with Crippen molar-refractivity contribution in [3.05, 3.63) is 47.0 Å². The van der Waals surface area contributed by atoms with Gasteiger partial charge in [0.15, 0.2) is 5.69 Å². The van der Waals surface area contributed by atoms with Crippen molar-refractivity contribution in [1.82, 2.24) is 25.0 Å². The standard InChI is InChI=1S/C23H33N5OS/c1-2-12-28-21-6-5-19(25-9-3-4-18-7-10-24-11-8-18)17-20(21)22(26-28)23(29)27-13-15-30-16-14-27/h7-8,10-11,19,25H,2-6,9,12-17H2,1H3. The molecule has 1 aliphatic heterocycles. The molecule has 1 aliphatic carbocycles. The summed E-state index contributed by atoms with van der Waals surface area (Å²) in [5, 5.41) is 8.55. The first-order valence-electron chi connectivity index (χ1n) is 11.3. The highest BCUT2D eigenvalue weighted by atomic mass is 32.2. The average Bonchev–Trinajstić information content (AvgIpc) is 3.15. The topological polar surface area (TPSA) is 63.1 Å². The quantitative estimate of drug-likeness (QED) is 0.656. The lowest BCUT2D eigenvalue weighted by molar-refractivity contribution is 0.0764. The maximum absolute atomic E-state index is 13.2. The fourth-order valence-electron chi connectivity index (χ4n) is 4.49. The van der Waals surface area contributed by atoms with Gasteiger partial charge in [-0.05, 0) is 62.8 Å². The number of aryl methyl sites for hydroxylation is 2. The van der Waals surface area contributed by atoms with Gasteiger partial charge < -0.3 is 10.2 Å². The highest BCUT2D eigenvalue weighted by Gasteiger charge is 2.31. The fourth-order valence-corrected chi connectivity index (χ4v) is 5.40. The third-order valence-electron chi connectivity index (χ3n) is 6.11. The fraction of sp³-hybridized carbons (Fsp3) is 0.609. The van der Waals surface area contributed by atoms with Crippen molar-refractivity contribution in [1.29, 1.82) is 0 Å². The number of hydrogen-bond donors (Lipinski definition) is 1. The molecule has 2 aromatic rings. The molecule has 2 aliphatic rings. The highest BCUT2D eigenvalue weighted by Crippen LogP contribution is 2.27. The Balaban J connectivity index is 1.40. The molecule has 1 atom stereocenters. The molecule has 1 saturated heterocycles. The first kappa shape index (κ1) is 21.4. The van der Waals surface area contributed by atoms with Crippen molar-refractivity contribution < 1.29 is 4.79 Å². The second kappa shape index (κ2) is 10.4. The Morgan fingerprint density at radius 1 is 1.27 bits per heavy atom. The molecule has 162 valence electrons. The summed E-state index contributed by atoms with van der Waals surface area (Å²) in [4.78, 5) is 19.3. The van der Waals surface area contributed by atoms with Crippen molar-refractivity contribution in [2.24, 2.45) is 0 Å². The van der Waals surface area contributed by atoms with Gasteiger partial charge >= 0.3 is 0 Å². The molecule has 4 rings (SSSR count). The van der Waals surface area contributed by atoms with E-state index in [-0.39, 0.29) is 5.91 Å². The molecule has 1 fully saturated rings. The summed E-state index contributed by atoms with van der Waals surface area (Å²) in [6.07, 6.45) is 9.98. The van der Waals surface area contributed by atoms with Crippen LogP contribution in [0.25, 0.3) is 0 Å². The molecule has 3 heterocycles. The summed E-state index contributed by atoms with van der Waals surface area (Å²) in [6, 6.07) is 4.61. The van der Waals surface area contributed by atoms with Gasteiger partial charge in [-0.15, -0.1) is 0 Å². The van der Waals surface area contributed by atoms with Crippen LogP contribution < -0.4 is 5.32 Å². The van der Waals surface area contributed by atoms with Gasteiger partial charge in [-0.1, -0.05) is 6.92 Å². The molecule has 0 radical (unpaired) electrons.